The Morgan fingerprint density at radius 2 is 2.28 bits per heavy atom. The molecule has 18 heavy (non-hydrogen) atoms. The Morgan fingerprint density at radius 3 is 3.06 bits per heavy atom. The van der Waals surface area contributed by atoms with Gasteiger partial charge in [0.2, 0.25) is 0 Å². The molecule has 0 aliphatic carbocycles. The predicted molar refractivity (Wildman–Crippen MR) is 75.3 cm³/mol. The molecule has 0 spiro atoms. The summed E-state index contributed by atoms with van der Waals surface area (Å²) in [6.45, 7) is 0.739. The summed E-state index contributed by atoms with van der Waals surface area (Å²) < 4.78 is 5.22. The van der Waals surface area contributed by atoms with Crippen LogP contribution >= 0.6 is 11.3 Å². The number of methoxy groups -OCH3 is 1. The molecule has 0 unspecified atom stereocenters. The largest absolute Gasteiger partial charge is 0.497 e. The lowest BCUT2D eigenvalue weighted by Gasteiger charge is -2.02. The molecule has 0 aliphatic rings. The molecular formula is C14H18N2OS. The number of nitrogens with zero attached hydrogens (tertiary/aromatic N) is 1. The predicted octanol–water partition coefficient (Wildman–Crippen LogP) is 2.63. The minimum absolute atomic E-state index is 0.739. The molecule has 0 saturated heterocycles. The number of hydrogen-bond donors (Lipinski definition) is 1. The topological polar surface area (TPSA) is 48.1 Å². The van der Waals surface area contributed by atoms with E-state index in [1.54, 1.807) is 18.4 Å². The smallest absolute Gasteiger partial charge is 0.119 e. The molecule has 0 radical (unpaired) electrons. The fraction of sp³-hybridized carbons (Fsp3) is 0.357. The van der Waals surface area contributed by atoms with Gasteiger partial charge in [-0.05, 0) is 37.1 Å². The molecule has 0 amide bonds. The van der Waals surface area contributed by atoms with Crippen LogP contribution in [0.2, 0.25) is 0 Å². The van der Waals surface area contributed by atoms with Crippen molar-refractivity contribution < 1.29 is 4.74 Å². The summed E-state index contributed by atoms with van der Waals surface area (Å²) in [5.41, 5.74) is 6.74. The second-order valence-corrected chi connectivity index (χ2v) is 5.34. The number of aromatic nitrogens is 1. The zero-order valence-corrected chi connectivity index (χ0v) is 11.4. The molecule has 0 bridgehead atoms. The zero-order valence-electron chi connectivity index (χ0n) is 10.6. The van der Waals surface area contributed by atoms with Crippen molar-refractivity contribution in [1.29, 1.82) is 0 Å². The molecule has 0 atom stereocenters. The first-order valence-electron chi connectivity index (χ1n) is 6.08. The van der Waals surface area contributed by atoms with Crippen LogP contribution in [-0.4, -0.2) is 18.6 Å². The molecule has 1 aromatic carbocycles. The molecule has 3 nitrogen and oxygen atoms in total. The molecule has 1 heterocycles. The van der Waals surface area contributed by atoms with Crippen molar-refractivity contribution in [2.75, 3.05) is 13.7 Å². The van der Waals surface area contributed by atoms with Gasteiger partial charge in [-0.25, -0.2) is 4.98 Å². The first-order valence-corrected chi connectivity index (χ1v) is 6.90. The maximum absolute atomic E-state index is 5.51. The average Bonchev–Trinajstić information content (AvgIpc) is 2.84. The zero-order chi connectivity index (χ0) is 12.8. The van der Waals surface area contributed by atoms with Crippen molar-refractivity contribution in [3.8, 4) is 5.75 Å². The van der Waals surface area contributed by atoms with E-state index in [0.29, 0.717) is 0 Å². The first kappa shape index (κ1) is 13.1. The molecule has 2 N–H and O–H groups in total. The van der Waals surface area contributed by atoms with Crippen LogP contribution in [0.15, 0.2) is 30.5 Å². The van der Waals surface area contributed by atoms with Gasteiger partial charge in [-0.15, -0.1) is 11.3 Å². The van der Waals surface area contributed by atoms with Crippen molar-refractivity contribution in [3.63, 3.8) is 0 Å². The Bertz CT molecular complexity index is 496. The van der Waals surface area contributed by atoms with Gasteiger partial charge in [-0.2, -0.15) is 0 Å². The Kier molecular flexibility index (Phi) is 4.73. The van der Waals surface area contributed by atoms with E-state index >= 15 is 0 Å². The summed E-state index contributed by atoms with van der Waals surface area (Å²) in [6.07, 6.45) is 4.90. The van der Waals surface area contributed by atoms with Gasteiger partial charge in [0.15, 0.2) is 0 Å². The molecule has 2 rings (SSSR count). The van der Waals surface area contributed by atoms with Gasteiger partial charge in [-0.1, -0.05) is 12.1 Å². The lowest BCUT2D eigenvalue weighted by atomic mass is 10.1. The highest BCUT2D eigenvalue weighted by molar-refractivity contribution is 7.11. The molecule has 2 aromatic rings. The van der Waals surface area contributed by atoms with Gasteiger partial charge in [0.05, 0.1) is 12.1 Å². The second kappa shape index (κ2) is 6.52. The van der Waals surface area contributed by atoms with E-state index in [0.717, 1.165) is 36.6 Å². The van der Waals surface area contributed by atoms with Crippen LogP contribution < -0.4 is 10.5 Å². The number of hydrogen-bond acceptors (Lipinski definition) is 4. The summed E-state index contributed by atoms with van der Waals surface area (Å²) in [6, 6.07) is 8.12. The Labute approximate surface area is 112 Å². The van der Waals surface area contributed by atoms with E-state index in [1.165, 1.54) is 10.4 Å². The van der Waals surface area contributed by atoms with Gasteiger partial charge in [0, 0.05) is 17.5 Å². The summed E-state index contributed by atoms with van der Waals surface area (Å²) in [5.74, 6) is 0.896. The SMILES string of the molecule is COc1cccc(Cc2ncc(CCCN)s2)c1. The van der Waals surface area contributed by atoms with Crippen LogP contribution in [0, 0.1) is 0 Å². The van der Waals surface area contributed by atoms with E-state index in [9.17, 15) is 0 Å². The number of thiazole rings is 1. The summed E-state index contributed by atoms with van der Waals surface area (Å²) in [4.78, 5) is 5.77. The fourth-order valence-corrected chi connectivity index (χ4v) is 2.78. The number of ether oxygens (including phenoxy) is 1. The third-order valence-corrected chi connectivity index (χ3v) is 3.78. The van der Waals surface area contributed by atoms with Gasteiger partial charge < -0.3 is 10.5 Å². The lowest BCUT2D eigenvalue weighted by molar-refractivity contribution is 0.414. The van der Waals surface area contributed by atoms with Crippen LogP contribution in [0.5, 0.6) is 5.75 Å². The normalized spacial score (nSPS) is 10.6. The fourth-order valence-electron chi connectivity index (χ4n) is 1.78. The van der Waals surface area contributed by atoms with Gasteiger partial charge in [0.25, 0.3) is 0 Å². The van der Waals surface area contributed by atoms with E-state index in [4.69, 9.17) is 10.5 Å². The number of nitrogens with two attached hydrogens (primary N) is 1. The highest BCUT2D eigenvalue weighted by Gasteiger charge is 2.04. The van der Waals surface area contributed by atoms with Crippen molar-refractivity contribution in [2.45, 2.75) is 19.3 Å². The summed E-state index contributed by atoms with van der Waals surface area (Å²) in [7, 11) is 1.69. The van der Waals surface area contributed by atoms with Crippen molar-refractivity contribution in [1.82, 2.24) is 4.98 Å². The van der Waals surface area contributed by atoms with Crippen LogP contribution in [0.3, 0.4) is 0 Å². The van der Waals surface area contributed by atoms with Crippen molar-refractivity contribution in [2.24, 2.45) is 5.73 Å². The Balaban J connectivity index is 2.01. The molecule has 0 fully saturated rings. The molecule has 4 heteroatoms. The summed E-state index contributed by atoms with van der Waals surface area (Å²) >= 11 is 1.77. The second-order valence-electron chi connectivity index (χ2n) is 4.14. The van der Waals surface area contributed by atoms with Crippen molar-refractivity contribution in [3.05, 3.63) is 45.9 Å². The van der Waals surface area contributed by atoms with E-state index in [2.05, 4.69) is 17.1 Å². The Hall–Kier alpha value is -1.39. The maximum atomic E-state index is 5.51. The number of rotatable bonds is 6. The number of aryl methyl sites for hydroxylation is 1. The molecule has 0 saturated carbocycles. The molecular weight excluding hydrogens is 244 g/mol. The van der Waals surface area contributed by atoms with Crippen molar-refractivity contribution >= 4 is 11.3 Å². The van der Waals surface area contributed by atoms with E-state index in [1.807, 2.05) is 18.3 Å². The van der Waals surface area contributed by atoms with Gasteiger partial charge in [0.1, 0.15) is 5.75 Å². The first-order chi connectivity index (χ1) is 8.81. The third kappa shape index (κ3) is 3.55. The standard InChI is InChI=1S/C14H18N2OS/c1-17-12-5-2-4-11(8-12)9-14-16-10-13(18-14)6-3-7-15/h2,4-5,8,10H,3,6-7,9,15H2,1H3. The monoisotopic (exact) mass is 262 g/mol. The average molecular weight is 262 g/mol. The molecule has 96 valence electrons. The highest BCUT2D eigenvalue weighted by atomic mass is 32.1. The van der Waals surface area contributed by atoms with Crippen LogP contribution in [0.4, 0.5) is 0 Å². The Morgan fingerprint density at radius 1 is 1.39 bits per heavy atom. The minimum Gasteiger partial charge on any atom is -0.497 e. The summed E-state index contributed by atoms with van der Waals surface area (Å²) in [5, 5.41) is 1.15. The quantitative estimate of drug-likeness (QED) is 0.870. The highest BCUT2D eigenvalue weighted by Crippen LogP contribution is 2.20. The number of benzene rings is 1. The van der Waals surface area contributed by atoms with E-state index in [-0.39, 0.29) is 0 Å². The lowest BCUT2D eigenvalue weighted by Crippen LogP contribution is -1.99. The van der Waals surface area contributed by atoms with Crippen LogP contribution in [0.1, 0.15) is 21.9 Å². The van der Waals surface area contributed by atoms with Gasteiger partial charge >= 0.3 is 0 Å². The van der Waals surface area contributed by atoms with E-state index < -0.39 is 0 Å². The third-order valence-electron chi connectivity index (χ3n) is 2.72. The van der Waals surface area contributed by atoms with Gasteiger partial charge in [-0.3, -0.25) is 0 Å². The minimum atomic E-state index is 0.739. The molecule has 0 aliphatic heterocycles. The van der Waals surface area contributed by atoms with Crippen LogP contribution in [0.25, 0.3) is 0 Å². The maximum Gasteiger partial charge on any atom is 0.119 e. The molecule has 1 aromatic heterocycles. The van der Waals surface area contributed by atoms with Crippen LogP contribution in [-0.2, 0) is 12.8 Å².